The molecule has 2 rings (SSSR count). The molecule has 0 saturated heterocycles. The van der Waals surface area contributed by atoms with Gasteiger partial charge >= 0.3 is 0 Å². The third-order valence-electron chi connectivity index (χ3n) is 2.97. The maximum absolute atomic E-state index is 12.5. The van der Waals surface area contributed by atoms with Crippen LogP contribution in [0.4, 0.5) is 5.69 Å². The Kier molecular flexibility index (Phi) is 4.58. The Morgan fingerprint density at radius 3 is 2.42 bits per heavy atom. The molecule has 0 saturated carbocycles. The van der Waals surface area contributed by atoms with E-state index in [4.69, 9.17) is 0 Å². The lowest BCUT2D eigenvalue weighted by atomic mass is 10.1. The first-order chi connectivity index (χ1) is 9.11. The molecule has 2 aromatic rings. The minimum atomic E-state index is 0.0458. The van der Waals surface area contributed by atoms with Crippen LogP contribution in [-0.4, -0.2) is 12.5 Å². The number of amides is 1. The molecule has 0 fully saturated rings. The smallest absolute Gasteiger partial charge is 0.258 e. The van der Waals surface area contributed by atoms with E-state index in [2.05, 4.69) is 22.6 Å². The predicted molar refractivity (Wildman–Crippen MR) is 87.7 cm³/mol. The number of halogens is 1. The maximum Gasteiger partial charge on any atom is 0.258 e. The lowest BCUT2D eigenvalue weighted by molar-refractivity contribution is 0.0988. The summed E-state index contributed by atoms with van der Waals surface area (Å²) in [5, 5.41) is 0. The molecule has 2 nitrogen and oxygen atoms in total. The van der Waals surface area contributed by atoms with Gasteiger partial charge in [0.2, 0.25) is 0 Å². The van der Waals surface area contributed by atoms with Crippen molar-refractivity contribution in [1.29, 1.82) is 0 Å². The van der Waals surface area contributed by atoms with Crippen LogP contribution in [0.2, 0.25) is 0 Å². The van der Waals surface area contributed by atoms with Gasteiger partial charge in [-0.1, -0.05) is 12.1 Å². The average Bonchev–Trinajstić information content (AvgIpc) is 2.40. The number of rotatable bonds is 3. The summed E-state index contributed by atoms with van der Waals surface area (Å²) in [6.07, 6.45) is 0. The summed E-state index contributed by atoms with van der Waals surface area (Å²) in [5.74, 6) is 0.0458. The van der Waals surface area contributed by atoms with Gasteiger partial charge < -0.3 is 4.90 Å². The molecule has 0 bridgehead atoms. The summed E-state index contributed by atoms with van der Waals surface area (Å²) in [6, 6.07) is 15.7. The highest BCUT2D eigenvalue weighted by Gasteiger charge is 2.15. The predicted octanol–water partition coefficient (Wildman–Crippen LogP) is 4.27. The van der Waals surface area contributed by atoms with Gasteiger partial charge in [-0.05, 0) is 78.4 Å². The molecule has 0 aromatic heterocycles. The molecule has 0 aliphatic carbocycles. The number of carbonyl (C=O) groups excluding carboxylic acids is 1. The van der Waals surface area contributed by atoms with Gasteiger partial charge in [-0.2, -0.15) is 0 Å². The average molecular weight is 365 g/mol. The normalized spacial score (nSPS) is 10.3. The molecule has 98 valence electrons. The first-order valence-electron chi connectivity index (χ1n) is 6.26. The van der Waals surface area contributed by atoms with Gasteiger partial charge in [0, 0.05) is 21.4 Å². The monoisotopic (exact) mass is 365 g/mol. The lowest BCUT2D eigenvalue weighted by Gasteiger charge is -2.21. The summed E-state index contributed by atoms with van der Waals surface area (Å²) in [6.45, 7) is 4.69. The van der Waals surface area contributed by atoms with E-state index in [1.165, 1.54) is 0 Å². The van der Waals surface area contributed by atoms with Crippen LogP contribution in [0, 0.1) is 10.5 Å². The molecule has 0 spiro atoms. The first kappa shape index (κ1) is 14.1. The Morgan fingerprint density at radius 2 is 1.84 bits per heavy atom. The van der Waals surface area contributed by atoms with Crippen molar-refractivity contribution in [3.05, 3.63) is 63.2 Å². The highest BCUT2D eigenvalue weighted by atomic mass is 127. The van der Waals surface area contributed by atoms with Crippen LogP contribution in [0.25, 0.3) is 0 Å². The number of aryl methyl sites for hydroxylation is 1. The van der Waals surface area contributed by atoms with Crippen LogP contribution >= 0.6 is 22.6 Å². The molecule has 0 unspecified atom stereocenters. The summed E-state index contributed by atoms with van der Waals surface area (Å²) in [5.41, 5.74) is 2.83. The first-order valence-corrected chi connectivity index (χ1v) is 7.34. The van der Waals surface area contributed by atoms with Crippen molar-refractivity contribution >= 4 is 34.2 Å². The highest BCUT2D eigenvalue weighted by Crippen LogP contribution is 2.19. The van der Waals surface area contributed by atoms with E-state index < -0.39 is 0 Å². The quantitative estimate of drug-likeness (QED) is 0.744. The number of carbonyl (C=O) groups is 1. The number of nitrogens with zero attached hydrogens (tertiary/aromatic N) is 1. The van der Waals surface area contributed by atoms with Crippen LogP contribution in [0.15, 0.2) is 48.5 Å². The van der Waals surface area contributed by atoms with Gasteiger partial charge in [-0.25, -0.2) is 0 Å². The molecule has 1 amide bonds. The van der Waals surface area contributed by atoms with E-state index in [0.717, 1.165) is 20.4 Å². The van der Waals surface area contributed by atoms with E-state index >= 15 is 0 Å². The number of hydrogen-bond donors (Lipinski definition) is 0. The number of hydrogen-bond acceptors (Lipinski definition) is 1. The SMILES string of the molecule is CCN(C(=O)c1ccc(I)cc1)c1cccc(C)c1. The Labute approximate surface area is 127 Å². The second kappa shape index (κ2) is 6.19. The molecule has 0 radical (unpaired) electrons. The van der Waals surface area contributed by atoms with Crippen LogP contribution < -0.4 is 4.90 Å². The van der Waals surface area contributed by atoms with Crippen LogP contribution in [0.5, 0.6) is 0 Å². The fraction of sp³-hybridized carbons (Fsp3) is 0.188. The topological polar surface area (TPSA) is 20.3 Å². The molecule has 0 atom stereocenters. The molecule has 19 heavy (non-hydrogen) atoms. The zero-order valence-corrected chi connectivity index (χ0v) is 13.2. The van der Waals surface area contributed by atoms with Crippen molar-refractivity contribution in [3.63, 3.8) is 0 Å². The van der Waals surface area contributed by atoms with E-state index in [1.807, 2.05) is 62.4 Å². The van der Waals surface area contributed by atoms with Crippen molar-refractivity contribution in [1.82, 2.24) is 0 Å². The Hall–Kier alpha value is -1.36. The van der Waals surface area contributed by atoms with Gasteiger partial charge in [0.05, 0.1) is 0 Å². The number of anilines is 1. The Morgan fingerprint density at radius 1 is 1.16 bits per heavy atom. The second-order valence-corrected chi connectivity index (χ2v) is 5.64. The van der Waals surface area contributed by atoms with Crippen LogP contribution in [0.3, 0.4) is 0 Å². The molecule has 0 heterocycles. The highest BCUT2D eigenvalue weighted by molar-refractivity contribution is 14.1. The van der Waals surface area contributed by atoms with Crippen LogP contribution in [-0.2, 0) is 0 Å². The fourth-order valence-electron chi connectivity index (χ4n) is 1.99. The third kappa shape index (κ3) is 3.35. The van der Waals surface area contributed by atoms with Crippen molar-refractivity contribution in [2.45, 2.75) is 13.8 Å². The zero-order valence-electron chi connectivity index (χ0n) is 11.1. The molecule has 3 heteroatoms. The third-order valence-corrected chi connectivity index (χ3v) is 3.69. The zero-order chi connectivity index (χ0) is 13.8. The standard InChI is InChI=1S/C16H16INO/c1-3-18(15-6-4-5-12(2)11-15)16(19)13-7-9-14(17)10-8-13/h4-11H,3H2,1-2H3. The Bertz CT molecular complexity index is 578. The minimum absolute atomic E-state index is 0.0458. The largest absolute Gasteiger partial charge is 0.309 e. The van der Waals surface area contributed by atoms with E-state index in [-0.39, 0.29) is 5.91 Å². The fourth-order valence-corrected chi connectivity index (χ4v) is 2.35. The van der Waals surface area contributed by atoms with Crippen LogP contribution in [0.1, 0.15) is 22.8 Å². The van der Waals surface area contributed by atoms with E-state index in [0.29, 0.717) is 6.54 Å². The molecule has 0 N–H and O–H groups in total. The van der Waals surface area contributed by atoms with Crippen molar-refractivity contribution in [2.24, 2.45) is 0 Å². The second-order valence-electron chi connectivity index (χ2n) is 4.40. The molecule has 0 aliphatic heterocycles. The minimum Gasteiger partial charge on any atom is -0.309 e. The van der Waals surface area contributed by atoms with Gasteiger partial charge in [-0.3, -0.25) is 4.79 Å². The summed E-state index contributed by atoms with van der Waals surface area (Å²) in [4.78, 5) is 14.3. The van der Waals surface area contributed by atoms with Gasteiger partial charge in [0.1, 0.15) is 0 Å². The number of benzene rings is 2. The van der Waals surface area contributed by atoms with Crippen molar-refractivity contribution < 1.29 is 4.79 Å². The summed E-state index contributed by atoms with van der Waals surface area (Å²) >= 11 is 2.24. The Balaban J connectivity index is 2.31. The summed E-state index contributed by atoms with van der Waals surface area (Å²) < 4.78 is 1.13. The van der Waals surface area contributed by atoms with Gasteiger partial charge in [0.15, 0.2) is 0 Å². The molecular formula is C16H16INO. The summed E-state index contributed by atoms with van der Waals surface area (Å²) in [7, 11) is 0. The molecule has 0 aliphatic rings. The maximum atomic E-state index is 12.5. The molecular weight excluding hydrogens is 349 g/mol. The van der Waals surface area contributed by atoms with E-state index in [9.17, 15) is 4.79 Å². The van der Waals surface area contributed by atoms with Crippen molar-refractivity contribution in [2.75, 3.05) is 11.4 Å². The van der Waals surface area contributed by atoms with Gasteiger partial charge in [-0.15, -0.1) is 0 Å². The van der Waals surface area contributed by atoms with Crippen molar-refractivity contribution in [3.8, 4) is 0 Å². The lowest BCUT2D eigenvalue weighted by Crippen LogP contribution is -2.30. The van der Waals surface area contributed by atoms with E-state index in [1.54, 1.807) is 4.90 Å². The molecule has 2 aromatic carbocycles. The van der Waals surface area contributed by atoms with Gasteiger partial charge in [0.25, 0.3) is 5.91 Å².